The highest BCUT2D eigenvalue weighted by Crippen LogP contribution is 2.44. The summed E-state index contributed by atoms with van der Waals surface area (Å²) in [4.78, 5) is 17.3. The summed E-state index contributed by atoms with van der Waals surface area (Å²) in [6, 6.07) is 4.83. The number of terminal acetylenes is 1. The molecule has 4 aromatic rings. The average Bonchev–Trinajstić information content (AvgIpc) is 3.74. The van der Waals surface area contributed by atoms with E-state index < -0.39 is 35.6 Å². The van der Waals surface area contributed by atoms with Crippen LogP contribution in [0.2, 0.25) is 0 Å². The molecule has 6 heterocycles. The Hall–Kier alpha value is -4.47. The molecule has 4 fully saturated rings. The molecule has 47 heavy (non-hydrogen) atoms. The van der Waals surface area contributed by atoms with Gasteiger partial charge in [0.05, 0.1) is 16.5 Å². The molecule has 242 valence electrons. The van der Waals surface area contributed by atoms with E-state index in [2.05, 4.69) is 26.2 Å². The summed E-state index contributed by atoms with van der Waals surface area (Å²) in [6.45, 7) is -1.19. The second-order valence-corrected chi connectivity index (χ2v) is 13.1. The topological polar surface area (TPSA) is 86.6 Å². The van der Waals surface area contributed by atoms with Gasteiger partial charge in [0.1, 0.15) is 35.2 Å². The van der Waals surface area contributed by atoms with Gasteiger partial charge in [0.2, 0.25) is 0 Å². The van der Waals surface area contributed by atoms with Gasteiger partial charge in [-0.3, -0.25) is 9.88 Å². The van der Waals surface area contributed by atoms with Crippen LogP contribution in [0.1, 0.15) is 48.6 Å². The van der Waals surface area contributed by atoms with E-state index in [1.807, 2.05) is 4.90 Å². The van der Waals surface area contributed by atoms with Crippen LogP contribution in [0.3, 0.4) is 0 Å². The van der Waals surface area contributed by atoms with Crippen molar-refractivity contribution in [3.05, 3.63) is 59.3 Å². The van der Waals surface area contributed by atoms with Crippen molar-refractivity contribution in [2.75, 3.05) is 37.7 Å². The van der Waals surface area contributed by atoms with Crippen LogP contribution in [0.25, 0.3) is 32.9 Å². The van der Waals surface area contributed by atoms with E-state index in [1.54, 1.807) is 4.90 Å². The first kappa shape index (κ1) is 26.6. The summed E-state index contributed by atoms with van der Waals surface area (Å²) in [5, 5.41) is 14.6. The molecule has 2 N–H and O–H groups in total. The number of phenols is 1. The molecule has 0 saturated carbocycles. The first-order valence-electron chi connectivity index (χ1n) is 17.0. The van der Waals surface area contributed by atoms with Gasteiger partial charge in [0, 0.05) is 58.0 Å². The lowest BCUT2D eigenvalue weighted by atomic mass is 9.94. The Labute approximate surface area is 272 Å². The number of hydrogen-bond donors (Lipinski definition) is 2. The van der Waals surface area contributed by atoms with Crippen LogP contribution < -0.4 is 15.0 Å². The zero-order valence-corrected chi connectivity index (χ0v) is 25.2. The lowest BCUT2D eigenvalue weighted by Gasteiger charge is -2.40. The Balaban J connectivity index is 1.28. The molecule has 0 radical (unpaired) electrons. The number of piperazine rings is 1. The van der Waals surface area contributed by atoms with Crippen LogP contribution in [0.4, 0.5) is 23.4 Å². The summed E-state index contributed by atoms with van der Waals surface area (Å²) < 4.78 is 90.3. The second-order valence-electron chi connectivity index (χ2n) is 13.1. The van der Waals surface area contributed by atoms with Gasteiger partial charge in [-0.1, -0.05) is 12.0 Å². The molecular weight excluding hydrogens is 612 g/mol. The number of phenolic OH excluding ortho intramolecular Hbond substituents is 1. The number of aromatic hydroxyl groups is 1. The lowest BCUT2D eigenvalue weighted by molar-refractivity contribution is 0.108. The number of benzene rings is 2. The van der Waals surface area contributed by atoms with E-state index in [0.717, 1.165) is 12.5 Å². The zero-order chi connectivity index (χ0) is 35.2. The molecule has 12 heteroatoms. The number of rotatable bonds is 5. The highest BCUT2D eigenvalue weighted by atomic mass is 19.3. The minimum Gasteiger partial charge on any atom is -0.508 e. The number of nitrogens with zero attached hydrogens (tertiary/aromatic N) is 5. The zero-order valence-electron chi connectivity index (χ0n) is 28.2. The highest BCUT2D eigenvalue weighted by molar-refractivity contribution is 6.03. The maximum absolute atomic E-state index is 16.9. The molecule has 0 unspecified atom stereocenters. The highest BCUT2D eigenvalue weighted by Gasteiger charge is 2.48. The van der Waals surface area contributed by atoms with Gasteiger partial charge in [0.15, 0.2) is 5.82 Å². The number of hydrogen-bond acceptors (Lipinski definition) is 8. The van der Waals surface area contributed by atoms with Gasteiger partial charge in [-0.05, 0) is 69.1 Å². The molecule has 3 atom stereocenters. The van der Waals surface area contributed by atoms with Crippen LogP contribution >= 0.6 is 0 Å². The maximum atomic E-state index is 16.9. The fourth-order valence-corrected chi connectivity index (χ4v) is 7.97. The van der Waals surface area contributed by atoms with Gasteiger partial charge >= 0.3 is 6.01 Å². The molecule has 8 rings (SSSR count). The summed E-state index contributed by atoms with van der Waals surface area (Å²) >= 11 is 0. The minimum atomic E-state index is -2.34. The van der Waals surface area contributed by atoms with E-state index in [-0.39, 0.29) is 88.4 Å². The molecule has 0 aliphatic carbocycles. The number of nitrogens with one attached hydrogen (secondary N) is 1. The SMILES string of the molecule is [2H]C([2H])([2H])[C@@]12CC[C@@H](CN(c3nc(OC[C@@]45CCCN4CC(=C(F)F)C5)nc4c(F)c(-c5cc(O)cc6ccc(F)c(C#C)c56)ncc34)C1)N2. The third kappa shape index (κ3) is 4.86. The Morgan fingerprint density at radius 1 is 1.26 bits per heavy atom. The number of halogens is 4. The Morgan fingerprint density at radius 3 is 2.94 bits per heavy atom. The number of fused-ring (bicyclic) bond motifs is 5. The fourth-order valence-electron chi connectivity index (χ4n) is 7.97. The first-order valence-corrected chi connectivity index (χ1v) is 15.5. The van der Waals surface area contributed by atoms with Gasteiger partial charge in [-0.25, -0.2) is 8.78 Å². The number of aromatic nitrogens is 3. The molecule has 8 nitrogen and oxygen atoms in total. The smallest absolute Gasteiger partial charge is 0.319 e. The van der Waals surface area contributed by atoms with E-state index in [0.29, 0.717) is 37.7 Å². The fraction of sp³-hybridized carbons (Fsp3) is 0.400. The Kier molecular flexibility index (Phi) is 6.10. The van der Waals surface area contributed by atoms with E-state index in [9.17, 15) is 18.3 Å². The first-order chi connectivity index (χ1) is 23.8. The van der Waals surface area contributed by atoms with Crippen molar-refractivity contribution in [2.24, 2.45) is 0 Å². The van der Waals surface area contributed by atoms with Crippen molar-refractivity contribution in [3.8, 4) is 35.4 Å². The van der Waals surface area contributed by atoms with Crippen molar-refractivity contribution >= 4 is 27.5 Å². The van der Waals surface area contributed by atoms with Crippen LogP contribution in [0.5, 0.6) is 11.8 Å². The predicted molar refractivity (Wildman–Crippen MR) is 169 cm³/mol. The molecule has 4 aliphatic rings. The molecule has 2 bridgehead atoms. The second kappa shape index (κ2) is 10.8. The van der Waals surface area contributed by atoms with Crippen LogP contribution in [-0.2, 0) is 0 Å². The van der Waals surface area contributed by atoms with Crippen LogP contribution in [0, 0.1) is 24.0 Å². The maximum Gasteiger partial charge on any atom is 0.319 e. The summed E-state index contributed by atoms with van der Waals surface area (Å²) in [6.07, 6.45) is 7.90. The van der Waals surface area contributed by atoms with Crippen molar-refractivity contribution in [2.45, 2.75) is 56.1 Å². The summed E-state index contributed by atoms with van der Waals surface area (Å²) in [7, 11) is 0. The molecule has 4 aliphatic heterocycles. The lowest BCUT2D eigenvalue weighted by Crippen LogP contribution is -2.58. The Morgan fingerprint density at radius 2 is 2.13 bits per heavy atom. The third-order valence-electron chi connectivity index (χ3n) is 10.1. The number of anilines is 1. The number of ether oxygens (including phenoxy) is 1. The third-order valence-corrected chi connectivity index (χ3v) is 10.1. The minimum absolute atomic E-state index is 0.0281. The largest absolute Gasteiger partial charge is 0.508 e. The standard InChI is InChI=1S/C35H32F4N6O2/c1-3-23-26(36)6-5-19-11-22(46)12-24(27(19)23)29-28(37)30-25(14-40-29)32(44-16-21-7-9-34(2,17-44)43-21)42-33(41-30)47-18-35-8-4-10-45(35)15-20(13-35)31(38)39/h1,5-6,11-12,14,21,43,46H,4,7-10,13,15-18H2,2H3/t21-,34+,35-/m0/s1/i2D3. The van der Waals surface area contributed by atoms with E-state index in [4.69, 9.17) is 15.3 Å². The van der Waals surface area contributed by atoms with Gasteiger partial charge in [-0.15, -0.1) is 6.42 Å². The number of pyridine rings is 1. The van der Waals surface area contributed by atoms with Gasteiger partial charge in [-0.2, -0.15) is 18.7 Å². The van der Waals surface area contributed by atoms with E-state index in [1.165, 1.54) is 24.4 Å². The molecule has 0 amide bonds. The summed E-state index contributed by atoms with van der Waals surface area (Å²) in [5.41, 5.74) is -2.43. The molecule has 4 saturated heterocycles. The van der Waals surface area contributed by atoms with Crippen LogP contribution in [0.15, 0.2) is 42.1 Å². The van der Waals surface area contributed by atoms with E-state index >= 15 is 4.39 Å². The molecular formula is C35H32F4N6O2. The van der Waals surface area contributed by atoms with Crippen molar-refractivity contribution in [3.63, 3.8) is 0 Å². The molecule has 0 spiro atoms. The molecule has 2 aromatic carbocycles. The van der Waals surface area contributed by atoms with Gasteiger partial charge < -0.3 is 20.1 Å². The monoisotopic (exact) mass is 647 g/mol. The normalized spacial score (nSPS) is 26.7. The van der Waals surface area contributed by atoms with Crippen molar-refractivity contribution in [1.82, 2.24) is 25.2 Å². The van der Waals surface area contributed by atoms with Crippen molar-refractivity contribution < 1.29 is 31.5 Å². The quantitative estimate of drug-likeness (QED) is 0.204. The average molecular weight is 648 g/mol. The van der Waals surface area contributed by atoms with Crippen molar-refractivity contribution in [1.29, 1.82) is 0 Å². The molecule has 2 aromatic heterocycles. The Bertz CT molecular complexity index is 2160. The summed E-state index contributed by atoms with van der Waals surface area (Å²) in [5.74, 6) is 0.677. The van der Waals surface area contributed by atoms with Crippen LogP contribution in [-0.4, -0.2) is 74.9 Å². The van der Waals surface area contributed by atoms with Gasteiger partial charge in [0.25, 0.3) is 6.08 Å². The predicted octanol–water partition coefficient (Wildman–Crippen LogP) is 5.91.